The smallest absolute Gasteiger partial charge is 0.00113 e. The van der Waals surface area contributed by atoms with E-state index in [9.17, 15) is 0 Å². The van der Waals surface area contributed by atoms with Crippen molar-refractivity contribution in [2.24, 2.45) is 0 Å². The van der Waals surface area contributed by atoms with Crippen LogP contribution in [-0.2, 0) is 6.42 Å². The van der Waals surface area contributed by atoms with Crippen molar-refractivity contribution >= 4 is 0 Å². The van der Waals surface area contributed by atoms with Crippen molar-refractivity contribution in [3.05, 3.63) is 35.4 Å². The number of hydrogen-bond acceptors (Lipinski definition) is 1. The summed E-state index contributed by atoms with van der Waals surface area (Å²) in [5, 5.41) is 3.22. The molecule has 0 saturated carbocycles. The Hall–Kier alpha value is -0.820. The highest BCUT2D eigenvalue weighted by Crippen LogP contribution is 2.26. The molecule has 0 aliphatic rings. The molecular weight excluding hydrogens is 182 g/mol. The van der Waals surface area contributed by atoms with Crippen LogP contribution in [0.25, 0.3) is 0 Å². The van der Waals surface area contributed by atoms with Gasteiger partial charge in [0.2, 0.25) is 0 Å². The van der Waals surface area contributed by atoms with Crippen LogP contribution < -0.4 is 5.32 Å². The van der Waals surface area contributed by atoms with E-state index in [2.05, 4.69) is 43.4 Å². The molecule has 15 heavy (non-hydrogen) atoms. The molecule has 1 N–H and O–H groups in total. The zero-order chi connectivity index (χ0) is 11.1. The maximum absolute atomic E-state index is 3.22. The van der Waals surface area contributed by atoms with Crippen LogP contribution in [0.15, 0.2) is 24.3 Å². The first-order chi connectivity index (χ1) is 7.33. The summed E-state index contributed by atoms with van der Waals surface area (Å²) in [6.45, 7) is 5.63. The molecule has 0 radical (unpaired) electrons. The lowest BCUT2D eigenvalue weighted by molar-refractivity contribution is 0.631. The van der Waals surface area contributed by atoms with Gasteiger partial charge in [-0.15, -0.1) is 0 Å². The Morgan fingerprint density at radius 1 is 1.13 bits per heavy atom. The molecular formula is C14H23N. The van der Waals surface area contributed by atoms with Gasteiger partial charge in [-0.3, -0.25) is 0 Å². The first-order valence-electron chi connectivity index (χ1n) is 6.05. The van der Waals surface area contributed by atoms with Gasteiger partial charge in [0.25, 0.3) is 0 Å². The maximum Gasteiger partial charge on any atom is -0.00113 e. The summed E-state index contributed by atoms with van der Waals surface area (Å²) in [7, 11) is 2.01. The predicted octanol–water partition coefficient (Wildman–Crippen LogP) is 3.35. The molecule has 0 saturated heterocycles. The van der Waals surface area contributed by atoms with Crippen molar-refractivity contribution in [3.8, 4) is 0 Å². The third-order valence-corrected chi connectivity index (χ3v) is 3.12. The van der Waals surface area contributed by atoms with Crippen LogP contribution in [0.4, 0.5) is 0 Å². The molecule has 1 heteroatoms. The Morgan fingerprint density at radius 2 is 1.80 bits per heavy atom. The van der Waals surface area contributed by atoms with E-state index in [1.807, 2.05) is 7.05 Å². The van der Waals surface area contributed by atoms with Crippen molar-refractivity contribution in [2.45, 2.75) is 39.0 Å². The second-order valence-electron chi connectivity index (χ2n) is 4.07. The van der Waals surface area contributed by atoms with Gasteiger partial charge in [-0.2, -0.15) is 0 Å². The van der Waals surface area contributed by atoms with Crippen molar-refractivity contribution in [1.29, 1.82) is 0 Å². The highest BCUT2D eigenvalue weighted by atomic mass is 14.8. The molecule has 0 atom stereocenters. The van der Waals surface area contributed by atoms with Crippen molar-refractivity contribution < 1.29 is 0 Å². The van der Waals surface area contributed by atoms with Crippen molar-refractivity contribution in [3.63, 3.8) is 0 Å². The number of likely N-dealkylation sites (N-methyl/N-ethyl adjacent to an activating group) is 1. The summed E-state index contributed by atoms with van der Waals surface area (Å²) in [4.78, 5) is 0. The van der Waals surface area contributed by atoms with Gasteiger partial charge in [-0.1, -0.05) is 38.1 Å². The quantitative estimate of drug-likeness (QED) is 0.751. The Labute approximate surface area is 93.9 Å². The molecule has 1 aromatic carbocycles. The summed E-state index contributed by atoms with van der Waals surface area (Å²) in [5.74, 6) is 0.734. The highest BCUT2D eigenvalue weighted by Gasteiger charge is 2.10. The predicted molar refractivity (Wildman–Crippen MR) is 67.4 cm³/mol. The van der Waals surface area contributed by atoms with Gasteiger partial charge >= 0.3 is 0 Å². The third-order valence-electron chi connectivity index (χ3n) is 3.12. The zero-order valence-electron chi connectivity index (χ0n) is 10.2. The monoisotopic (exact) mass is 205 g/mol. The average molecular weight is 205 g/mol. The fraction of sp³-hybridized carbons (Fsp3) is 0.571. The number of rotatable bonds is 6. The van der Waals surface area contributed by atoms with Crippen LogP contribution in [-0.4, -0.2) is 13.6 Å². The third kappa shape index (κ3) is 3.35. The summed E-state index contributed by atoms with van der Waals surface area (Å²) >= 11 is 0. The summed E-state index contributed by atoms with van der Waals surface area (Å²) < 4.78 is 0. The molecule has 0 amide bonds. The first kappa shape index (κ1) is 12.3. The normalized spacial score (nSPS) is 10.9. The van der Waals surface area contributed by atoms with E-state index in [1.54, 1.807) is 5.56 Å². The number of benzene rings is 1. The summed E-state index contributed by atoms with van der Waals surface area (Å²) in [6, 6.07) is 8.88. The second-order valence-corrected chi connectivity index (χ2v) is 4.07. The number of hydrogen-bond donors (Lipinski definition) is 1. The molecule has 0 aliphatic carbocycles. The van der Waals surface area contributed by atoms with E-state index in [-0.39, 0.29) is 0 Å². The van der Waals surface area contributed by atoms with Crippen LogP contribution in [0.5, 0.6) is 0 Å². The standard InChI is InChI=1S/C14H23N/c1-4-12(5-2)14-9-7-6-8-13(14)10-11-15-3/h6-9,12,15H,4-5,10-11H2,1-3H3. The van der Waals surface area contributed by atoms with E-state index >= 15 is 0 Å². The molecule has 0 aromatic heterocycles. The van der Waals surface area contributed by atoms with Crippen LogP contribution in [0.1, 0.15) is 43.7 Å². The van der Waals surface area contributed by atoms with Crippen LogP contribution in [0, 0.1) is 0 Å². The molecule has 0 fully saturated rings. The molecule has 0 bridgehead atoms. The lowest BCUT2D eigenvalue weighted by atomic mass is 9.89. The molecule has 1 aromatic rings. The van der Waals surface area contributed by atoms with Crippen molar-refractivity contribution in [2.75, 3.05) is 13.6 Å². The fourth-order valence-corrected chi connectivity index (χ4v) is 2.15. The summed E-state index contributed by atoms with van der Waals surface area (Å²) in [5.41, 5.74) is 3.07. The van der Waals surface area contributed by atoms with Gasteiger partial charge < -0.3 is 5.32 Å². The maximum atomic E-state index is 3.22. The minimum Gasteiger partial charge on any atom is -0.319 e. The van der Waals surface area contributed by atoms with Gasteiger partial charge in [-0.05, 0) is 49.9 Å². The molecule has 0 spiro atoms. The van der Waals surface area contributed by atoms with Crippen LogP contribution in [0.3, 0.4) is 0 Å². The van der Waals surface area contributed by atoms with E-state index in [4.69, 9.17) is 0 Å². The van der Waals surface area contributed by atoms with E-state index in [1.165, 1.54) is 18.4 Å². The molecule has 1 nitrogen and oxygen atoms in total. The largest absolute Gasteiger partial charge is 0.319 e. The van der Waals surface area contributed by atoms with Gasteiger partial charge in [0.05, 0.1) is 0 Å². The lowest BCUT2D eigenvalue weighted by Crippen LogP contribution is -2.12. The van der Waals surface area contributed by atoms with Crippen LogP contribution >= 0.6 is 0 Å². The zero-order valence-corrected chi connectivity index (χ0v) is 10.2. The Morgan fingerprint density at radius 3 is 2.40 bits per heavy atom. The second kappa shape index (κ2) is 6.62. The molecule has 0 unspecified atom stereocenters. The SMILES string of the molecule is CCC(CC)c1ccccc1CCNC. The topological polar surface area (TPSA) is 12.0 Å². The Bertz CT molecular complexity index is 276. The van der Waals surface area contributed by atoms with E-state index in [0.717, 1.165) is 18.9 Å². The minimum absolute atomic E-state index is 0.734. The number of nitrogens with one attached hydrogen (secondary N) is 1. The average Bonchev–Trinajstić information content (AvgIpc) is 2.29. The van der Waals surface area contributed by atoms with Crippen LogP contribution in [0.2, 0.25) is 0 Å². The van der Waals surface area contributed by atoms with Gasteiger partial charge in [0.15, 0.2) is 0 Å². The van der Waals surface area contributed by atoms with Gasteiger partial charge in [0.1, 0.15) is 0 Å². The molecule has 84 valence electrons. The summed E-state index contributed by atoms with van der Waals surface area (Å²) in [6.07, 6.45) is 3.63. The molecule has 0 heterocycles. The first-order valence-corrected chi connectivity index (χ1v) is 6.05. The van der Waals surface area contributed by atoms with E-state index in [0.29, 0.717) is 0 Å². The highest BCUT2D eigenvalue weighted by molar-refractivity contribution is 5.30. The minimum atomic E-state index is 0.734. The lowest BCUT2D eigenvalue weighted by Gasteiger charge is -2.17. The molecule has 0 aliphatic heterocycles. The molecule has 1 rings (SSSR count). The fourth-order valence-electron chi connectivity index (χ4n) is 2.15. The Kier molecular flexibility index (Phi) is 5.41. The van der Waals surface area contributed by atoms with Crippen molar-refractivity contribution in [1.82, 2.24) is 5.32 Å². The van der Waals surface area contributed by atoms with E-state index < -0.39 is 0 Å². The van der Waals surface area contributed by atoms with Gasteiger partial charge in [0, 0.05) is 0 Å². The Balaban J connectivity index is 2.84. The van der Waals surface area contributed by atoms with Gasteiger partial charge in [-0.25, -0.2) is 0 Å².